The minimum absolute atomic E-state index is 0.0391. The molecule has 2 N–H and O–H groups in total. The number of nitrogens with two attached hydrogens (primary N) is 1. The molecule has 2 nitrogen and oxygen atoms in total. The number of rotatable bonds is 4. The molecule has 0 saturated carbocycles. The fourth-order valence-corrected chi connectivity index (χ4v) is 1.25. The van der Waals surface area contributed by atoms with Crippen LogP contribution in [0.3, 0.4) is 0 Å². The van der Waals surface area contributed by atoms with Crippen LogP contribution in [0.15, 0.2) is 24.3 Å². The summed E-state index contributed by atoms with van der Waals surface area (Å²) >= 11 is 5.76. The highest BCUT2D eigenvalue weighted by molar-refractivity contribution is 6.30. The number of hydrogen-bond acceptors (Lipinski definition) is 2. The summed E-state index contributed by atoms with van der Waals surface area (Å²) in [7, 11) is 1.68. The molecule has 0 spiro atoms. The van der Waals surface area contributed by atoms with Gasteiger partial charge in [-0.05, 0) is 24.1 Å². The normalized spacial score (nSPS) is 12.8. The van der Waals surface area contributed by atoms with E-state index in [4.69, 9.17) is 22.1 Å². The molecule has 13 heavy (non-hydrogen) atoms. The first-order valence-corrected chi connectivity index (χ1v) is 4.62. The van der Waals surface area contributed by atoms with Gasteiger partial charge in [-0.3, -0.25) is 0 Å². The van der Waals surface area contributed by atoms with Crippen LogP contribution >= 0.6 is 11.6 Å². The molecular weight excluding hydrogens is 186 g/mol. The SMILES string of the molecule is COCC[C@@H](N)c1ccc(Cl)cc1. The fourth-order valence-electron chi connectivity index (χ4n) is 1.12. The van der Waals surface area contributed by atoms with E-state index in [1.54, 1.807) is 7.11 Å². The van der Waals surface area contributed by atoms with Crippen molar-refractivity contribution in [1.82, 2.24) is 0 Å². The van der Waals surface area contributed by atoms with Crippen LogP contribution in [0.25, 0.3) is 0 Å². The second-order valence-corrected chi connectivity index (χ2v) is 3.38. The highest BCUT2D eigenvalue weighted by Gasteiger charge is 2.04. The molecule has 0 bridgehead atoms. The van der Waals surface area contributed by atoms with Gasteiger partial charge in [0.25, 0.3) is 0 Å². The average molecular weight is 200 g/mol. The molecule has 1 atom stereocenters. The highest BCUT2D eigenvalue weighted by atomic mass is 35.5. The zero-order chi connectivity index (χ0) is 9.68. The smallest absolute Gasteiger partial charge is 0.0480 e. The molecule has 1 aromatic rings. The molecule has 0 aliphatic heterocycles. The van der Waals surface area contributed by atoms with E-state index in [0.29, 0.717) is 6.61 Å². The molecular formula is C10H14ClNO. The minimum Gasteiger partial charge on any atom is -0.385 e. The van der Waals surface area contributed by atoms with E-state index in [2.05, 4.69) is 0 Å². The Kier molecular flexibility index (Phi) is 4.22. The van der Waals surface area contributed by atoms with Gasteiger partial charge in [0.2, 0.25) is 0 Å². The van der Waals surface area contributed by atoms with E-state index in [9.17, 15) is 0 Å². The van der Waals surface area contributed by atoms with E-state index in [1.807, 2.05) is 24.3 Å². The summed E-state index contributed by atoms with van der Waals surface area (Å²) in [6.07, 6.45) is 0.831. The van der Waals surface area contributed by atoms with Crippen LogP contribution < -0.4 is 5.73 Å². The number of halogens is 1. The fraction of sp³-hybridized carbons (Fsp3) is 0.400. The summed E-state index contributed by atoms with van der Waals surface area (Å²) in [6.45, 7) is 0.684. The van der Waals surface area contributed by atoms with Gasteiger partial charge in [0.1, 0.15) is 0 Å². The molecule has 0 heterocycles. The Balaban J connectivity index is 2.55. The summed E-state index contributed by atoms with van der Waals surface area (Å²) in [5.41, 5.74) is 7.01. The Labute approximate surface area is 83.6 Å². The van der Waals surface area contributed by atoms with Crippen molar-refractivity contribution in [1.29, 1.82) is 0 Å². The van der Waals surface area contributed by atoms with Gasteiger partial charge in [-0.15, -0.1) is 0 Å². The largest absolute Gasteiger partial charge is 0.385 e. The van der Waals surface area contributed by atoms with Crippen LogP contribution in [0, 0.1) is 0 Å². The van der Waals surface area contributed by atoms with Crippen molar-refractivity contribution < 1.29 is 4.74 Å². The van der Waals surface area contributed by atoms with E-state index >= 15 is 0 Å². The Morgan fingerprint density at radius 3 is 2.54 bits per heavy atom. The van der Waals surface area contributed by atoms with Crippen LogP contribution in [0.2, 0.25) is 5.02 Å². The van der Waals surface area contributed by atoms with Gasteiger partial charge >= 0.3 is 0 Å². The van der Waals surface area contributed by atoms with Gasteiger partial charge in [0, 0.05) is 24.8 Å². The van der Waals surface area contributed by atoms with Gasteiger partial charge in [-0.1, -0.05) is 23.7 Å². The summed E-state index contributed by atoms with van der Waals surface area (Å²) in [5, 5.41) is 0.739. The monoisotopic (exact) mass is 199 g/mol. The Morgan fingerprint density at radius 1 is 1.38 bits per heavy atom. The van der Waals surface area contributed by atoms with Gasteiger partial charge in [0.15, 0.2) is 0 Å². The molecule has 0 saturated heterocycles. The highest BCUT2D eigenvalue weighted by Crippen LogP contribution is 2.16. The maximum Gasteiger partial charge on any atom is 0.0480 e. The van der Waals surface area contributed by atoms with Crippen LogP contribution in [0.1, 0.15) is 18.0 Å². The van der Waals surface area contributed by atoms with E-state index in [1.165, 1.54) is 0 Å². The van der Waals surface area contributed by atoms with Gasteiger partial charge < -0.3 is 10.5 Å². The maximum atomic E-state index is 5.91. The molecule has 0 aliphatic rings. The maximum absolute atomic E-state index is 5.91. The van der Waals surface area contributed by atoms with Crippen molar-refractivity contribution in [3.05, 3.63) is 34.9 Å². The van der Waals surface area contributed by atoms with Crippen LogP contribution in [0.4, 0.5) is 0 Å². The van der Waals surface area contributed by atoms with E-state index < -0.39 is 0 Å². The molecule has 0 amide bonds. The van der Waals surface area contributed by atoms with Crippen molar-refractivity contribution >= 4 is 11.6 Å². The Bertz CT molecular complexity index is 248. The lowest BCUT2D eigenvalue weighted by atomic mass is 10.1. The van der Waals surface area contributed by atoms with Crippen LogP contribution in [-0.4, -0.2) is 13.7 Å². The third-order valence-corrected chi connectivity index (χ3v) is 2.18. The van der Waals surface area contributed by atoms with Gasteiger partial charge in [-0.2, -0.15) is 0 Å². The lowest BCUT2D eigenvalue weighted by Crippen LogP contribution is -2.12. The molecule has 0 radical (unpaired) electrons. The molecule has 0 fully saturated rings. The Morgan fingerprint density at radius 2 is 2.00 bits per heavy atom. The van der Waals surface area contributed by atoms with Crippen molar-refractivity contribution in [2.75, 3.05) is 13.7 Å². The van der Waals surface area contributed by atoms with Crippen molar-refractivity contribution in [2.24, 2.45) is 5.73 Å². The summed E-state index contributed by atoms with van der Waals surface area (Å²) < 4.78 is 4.95. The summed E-state index contributed by atoms with van der Waals surface area (Å²) in [5.74, 6) is 0. The van der Waals surface area contributed by atoms with Gasteiger partial charge in [-0.25, -0.2) is 0 Å². The quantitative estimate of drug-likeness (QED) is 0.808. The standard InChI is InChI=1S/C10H14ClNO/c1-13-7-6-10(12)8-2-4-9(11)5-3-8/h2-5,10H,6-7,12H2,1H3/t10-/m1/s1. The second kappa shape index (κ2) is 5.22. The summed E-state index contributed by atoms with van der Waals surface area (Å²) in [6, 6.07) is 7.63. The van der Waals surface area contributed by atoms with E-state index in [0.717, 1.165) is 17.0 Å². The number of hydrogen-bond donors (Lipinski definition) is 1. The molecule has 1 aromatic carbocycles. The first-order valence-electron chi connectivity index (χ1n) is 4.24. The number of methoxy groups -OCH3 is 1. The lowest BCUT2D eigenvalue weighted by molar-refractivity contribution is 0.188. The van der Waals surface area contributed by atoms with E-state index in [-0.39, 0.29) is 6.04 Å². The summed E-state index contributed by atoms with van der Waals surface area (Å²) in [4.78, 5) is 0. The van der Waals surface area contributed by atoms with Crippen molar-refractivity contribution in [3.8, 4) is 0 Å². The Hall–Kier alpha value is -0.570. The zero-order valence-corrected chi connectivity index (χ0v) is 8.42. The van der Waals surface area contributed by atoms with Gasteiger partial charge in [0.05, 0.1) is 0 Å². The first-order chi connectivity index (χ1) is 6.24. The molecule has 0 aliphatic carbocycles. The topological polar surface area (TPSA) is 35.2 Å². The third-order valence-electron chi connectivity index (χ3n) is 1.93. The predicted molar refractivity (Wildman–Crippen MR) is 54.9 cm³/mol. The molecule has 1 rings (SSSR count). The van der Waals surface area contributed by atoms with Crippen molar-refractivity contribution in [2.45, 2.75) is 12.5 Å². The second-order valence-electron chi connectivity index (χ2n) is 2.94. The average Bonchev–Trinajstić information content (AvgIpc) is 2.15. The first kappa shape index (κ1) is 10.5. The number of benzene rings is 1. The number of ether oxygens (including phenoxy) is 1. The third kappa shape index (κ3) is 3.35. The minimum atomic E-state index is 0.0391. The predicted octanol–water partition coefficient (Wildman–Crippen LogP) is 2.38. The van der Waals surface area contributed by atoms with Crippen LogP contribution in [-0.2, 0) is 4.74 Å². The van der Waals surface area contributed by atoms with Crippen LogP contribution in [0.5, 0.6) is 0 Å². The molecule has 72 valence electrons. The lowest BCUT2D eigenvalue weighted by Gasteiger charge is -2.10. The molecule has 0 aromatic heterocycles. The van der Waals surface area contributed by atoms with Crippen molar-refractivity contribution in [3.63, 3.8) is 0 Å². The zero-order valence-electron chi connectivity index (χ0n) is 7.66. The molecule has 0 unspecified atom stereocenters. The molecule has 3 heteroatoms.